The Morgan fingerprint density at radius 3 is 2.13 bits per heavy atom. The van der Waals surface area contributed by atoms with Crippen molar-refractivity contribution in [3.63, 3.8) is 0 Å². The van der Waals surface area contributed by atoms with Crippen LogP contribution in [0.1, 0.15) is 96.8 Å². The smallest absolute Gasteiger partial charge is 0.306 e. The second-order valence-electron chi connectivity index (χ2n) is 7.43. The molecule has 0 radical (unpaired) electrons. The van der Waals surface area contributed by atoms with Crippen LogP contribution in [0.25, 0.3) is 0 Å². The van der Waals surface area contributed by atoms with Crippen molar-refractivity contribution in [2.24, 2.45) is 17.8 Å². The van der Waals surface area contributed by atoms with Gasteiger partial charge in [-0.2, -0.15) is 0 Å². The van der Waals surface area contributed by atoms with Crippen molar-refractivity contribution >= 4 is 5.97 Å². The molecular weight excluding hydrogens is 288 g/mol. The maximum absolute atomic E-state index is 11.5. The van der Waals surface area contributed by atoms with E-state index in [1.54, 1.807) is 0 Å². The first-order valence-electron chi connectivity index (χ1n) is 10.0. The van der Waals surface area contributed by atoms with Gasteiger partial charge in [-0.15, -0.1) is 0 Å². The van der Waals surface area contributed by atoms with Crippen molar-refractivity contribution in [2.45, 2.75) is 96.8 Å². The van der Waals surface area contributed by atoms with E-state index in [0.717, 1.165) is 44.9 Å². The average Bonchev–Trinajstić information content (AvgIpc) is 2.94. The van der Waals surface area contributed by atoms with Crippen LogP contribution < -0.4 is 0 Å². The van der Waals surface area contributed by atoms with E-state index in [2.05, 4.69) is 6.92 Å². The van der Waals surface area contributed by atoms with E-state index in [1.165, 1.54) is 44.9 Å². The molecule has 136 valence electrons. The molecule has 3 atom stereocenters. The Labute approximate surface area is 142 Å². The van der Waals surface area contributed by atoms with Gasteiger partial charge < -0.3 is 10.2 Å². The highest BCUT2D eigenvalue weighted by Crippen LogP contribution is 2.43. The molecule has 0 saturated heterocycles. The molecule has 0 aliphatic heterocycles. The lowest BCUT2D eigenvalue weighted by molar-refractivity contribution is -0.143. The third-order valence-corrected chi connectivity index (χ3v) is 5.66. The summed E-state index contributed by atoms with van der Waals surface area (Å²) in [6.45, 7) is 2.53. The number of rotatable bonds is 14. The first-order chi connectivity index (χ1) is 11.2. The molecule has 0 spiro atoms. The summed E-state index contributed by atoms with van der Waals surface area (Å²) >= 11 is 0. The Balaban J connectivity index is 2.29. The van der Waals surface area contributed by atoms with E-state index in [9.17, 15) is 9.90 Å². The SMILES string of the molecule is CCCCCCCC[C@H]1CCC(C(=O)O)[C@@H]1CCCCCCO. The van der Waals surface area contributed by atoms with Gasteiger partial charge in [0.15, 0.2) is 0 Å². The van der Waals surface area contributed by atoms with Gasteiger partial charge in [0.25, 0.3) is 0 Å². The Kier molecular flexibility index (Phi) is 11.4. The highest BCUT2D eigenvalue weighted by atomic mass is 16.4. The molecule has 23 heavy (non-hydrogen) atoms. The lowest BCUT2D eigenvalue weighted by Gasteiger charge is -2.23. The highest BCUT2D eigenvalue weighted by molar-refractivity contribution is 5.70. The second kappa shape index (κ2) is 12.8. The molecule has 0 heterocycles. The van der Waals surface area contributed by atoms with Crippen molar-refractivity contribution in [3.8, 4) is 0 Å². The third-order valence-electron chi connectivity index (χ3n) is 5.66. The molecule has 0 aromatic heterocycles. The molecule has 1 aliphatic carbocycles. The number of aliphatic hydroxyl groups excluding tert-OH is 1. The zero-order valence-electron chi connectivity index (χ0n) is 15.1. The van der Waals surface area contributed by atoms with Crippen LogP contribution in [0, 0.1) is 17.8 Å². The summed E-state index contributed by atoms with van der Waals surface area (Å²) < 4.78 is 0. The van der Waals surface area contributed by atoms with Gasteiger partial charge in [0, 0.05) is 6.61 Å². The van der Waals surface area contributed by atoms with E-state index in [1.807, 2.05) is 0 Å². The lowest BCUT2D eigenvalue weighted by Crippen LogP contribution is -2.22. The van der Waals surface area contributed by atoms with Gasteiger partial charge >= 0.3 is 5.97 Å². The Hall–Kier alpha value is -0.570. The summed E-state index contributed by atoms with van der Waals surface area (Å²) in [6, 6.07) is 0. The Morgan fingerprint density at radius 2 is 1.48 bits per heavy atom. The number of aliphatic hydroxyl groups is 1. The van der Waals surface area contributed by atoms with Gasteiger partial charge in [-0.05, 0) is 37.5 Å². The molecule has 1 rings (SSSR count). The Bertz CT molecular complexity index is 303. The van der Waals surface area contributed by atoms with Crippen LogP contribution in [0.5, 0.6) is 0 Å². The molecule has 1 saturated carbocycles. The molecule has 0 aromatic carbocycles. The molecule has 1 unspecified atom stereocenters. The maximum atomic E-state index is 11.5. The van der Waals surface area contributed by atoms with Gasteiger partial charge in [0.1, 0.15) is 0 Å². The van der Waals surface area contributed by atoms with Gasteiger partial charge in [-0.1, -0.05) is 71.1 Å². The quantitative estimate of drug-likeness (QED) is 0.420. The van der Waals surface area contributed by atoms with E-state index in [0.29, 0.717) is 11.8 Å². The lowest BCUT2D eigenvalue weighted by atomic mass is 9.82. The summed E-state index contributed by atoms with van der Waals surface area (Å²) in [7, 11) is 0. The van der Waals surface area contributed by atoms with Crippen LogP contribution in [0.15, 0.2) is 0 Å². The average molecular weight is 327 g/mol. The van der Waals surface area contributed by atoms with E-state index in [4.69, 9.17) is 5.11 Å². The largest absolute Gasteiger partial charge is 0.481 e. The van der Waals surface area contributed by atoms with Crippen molar-refractivity contribution in [3.05, 3.63) is 0 Å². The summed E-state index contributed by atoms with van der Waals surface area (Å²) in [5, 5.41) is 18.3. The zero-order chi connectivity index (χ0) is 16.9. The molecule has 1 aliphatic rings. The van der Waals surface area contributed by atoms with Crippen molar-refractivity contribution < 1.29 is 15.0 Å². The van der Waals surface area contributed by atoms with Gasteiger partial charge in [0.05, 0.1) is 5.92 Å². The summed E-state index contributed by atoms with van der Waals surface area (Å²) in [5.74, 6) is 0.367. The van der Waals surface area contributed by atoms with Crippen LogP contribution >= 0.6 is 0 Å². The Morgan fingerprint density at radius 1 is 0.870 bits per heavy atom. The maximum Gasteiger partial charge on any atom is 0.306 e. The topological polar surface area (TPSA) is 57.5 Å². The number of aliphatic carboxylic acids is 1. The molecule has 0 bridgehead atoms. The minimum Gasteiger partial charge on any atom is -0.481 e. The van der Waals surface area contributed by atoms with Crippen LogP contribution in [-0.4, -0.2) is 22.8 Å². The predicted octanol–water partition coefficient (Wildman–Crippen LogP) is 5.41. The summed E-state index contributed by atoms with van der Waals surface area (Å²) in [5.41, 5.74) is 0. The fourth-order valence-corrected chi connectivity index (χ4v) is 4.28. The third kappa shape index (κ3) is 8.19. The molecule has 0 amide bonds. The molecule has 3 heteroatoms. The fourth-order valence-electron chi connectivity index (χ4n) is 4.28. The molecule has 3 nitrogen and oxygen atoms in total. The fraction of sp³-hybridized carbons (Fsp3) is 0.950. The van der Waals surface area contributed by atoms with E-state index >= 15 is 0 Å². The minimum atomic E-state index is -0.573. The predicted molar refractivity (Wildman–Crippen MR) is 95.5 cm³/mol. The van der Waals surface area contributed by atoms with E-state index < -0.39 is 5.97 Å². The number of hydrogen-bond acceptors (Lipinski definition) is 2. The van der Waals surface area contributed by atoms with Crippen molar-refractivity contribution in [2.75, 3.05) is 6.61 Å². The van der Waals surface area contributed by atoms with Crippen LogP contribution in [0.4, 0.5) is 0 Å². The summed E-state index contributed by atoms with van der Waals surface area (Å²) in [6.07, 6.45) is 16.5. The van der Waals surface area contributed by atoms with Gasteiger partial charge in [0.2, 0.25) is 0 Å². The number of carboxylic acid groups (broad SMARTS) is 1. The first kappa shape index (κ1) is 20.5. The highest BCUT2D eigenvalue weighted by Gasteiger charge is 2.39. The molecule has 2 N–H and O–H groups in total. The number of hydrogen-bond donors (Lipinski definition) is 2. The molecule has 1 fully saturated rings. The molecular formula is C20H38O3. The molecule has 0 aromatic rings. The summed E-state index contributed by atoms with van der Waals surface area (Å²) in [4.78, 5) is 11.5. The number of carboxylic acids is 1. The monoisotopic (exact) mass is 326 g/mol. The van der Waals surface area contributed by atoms with Crippen molar-refractivity contribution in [1.29, 1.82) is 0 Å². The van der Waals surface area contributed by atoms with E-state index in [-0.39, 0.29) is 12.5 Å². The first-order valence-corrected chi connectivity index (χ1v) is 10.0. The van der Waals surface area contributed by atoms with Crippen LogP contribution in [0.2, 0.25) is 0 Å². The standard InChI is InChI=1S/C20H38O3/c1-2-3-4-5-6-9-12-17-14-15-19(20(22)23)18(17)13-10-7-8-11-16-21/h17-19,21H,2-16H2,1H3,(H,22,23)/t17-,18+,19?/m0/s1. The minimum absolute atomic E-state index is 0.0991. The van der Waals surface area contributed by atoms with Crippen LogP contribution in [-0.2, 0) is 4.79 Å². The van der Waals surface area contributed by atoms with Crippen molar-refractivity contribution in [1.82, 2.24) is 0 Å². The number of unbranched alkanes of at least 4 members (excludes halogenated alkanes) is 8. The zero-order valence-corrected chi connectivity index (χ0v) is 15.1. The van der Waals surface area contributed by atoms with Gasteiger partial charge in [-0.3, -0.25) is 4.79 Å². The second-order valence-corrected chi connectivity index (χ2v) is 7.43. The van der Waals surface area contributed by atoms with Gasteiger partial charge in [-0.25, -0.2) is 0 Å². The normalized spacial score (nSPS) is 24.2. The van der Waals surface area contributed by atoms with Crippen LogP contribution in [0.3, 0.4) is 0 Å². The number of carbonyl (C=O) groups is 1.